The summed E-state index contributed by atoms with van der Waals surface area (Å²) in [5.41, 5.74) is 3.78. The molecule has 12 heavy (non-hydrogen) atoms. The molecule has 0 unspecified atom stereocenters. The van der Waals surface area contributed by atoms with Crippen molar-refractivity contribution in [2.75, 3.05) is 0 Å². The Hall–Kier alpha value is -0.900. The first-order valence-electron chi connectivity index (χ1n) is 3.90. The predicted molar refractivity (Wildman–Crippen MR) is 44.7 cm³/mol. The molecule has 0 bridgehead atoms. The number of carboxylic acids is 1. The van der Waals surface area contributed by atoms with Crippen molar-refractivity contribution in [2.24, 2.45) is 11.7 Å². The third kappa shape index (κ3) is 1.64. The van der Waals surface area contributed by atoms with Gasteiger partial charge in [0, 0.05) is 0 Å². The van der Waals surface area contributed by atoms with Gasteiger partial charge in [0.1, 0.15) is 0 Å². The van der Waals surface area contributed by atoms with E-state index in [1.807, 2.05) is 0 Å². The molecular weight excluding hydrogens is 158 g/mol. The van der Waals surface area contributed by atoms with E-state index in [-0.39, 0.29) is 5.92 Å². The van der Waals surface area contributed by atoms with Crippen LogP contribution >= 0.6 is 0 Å². The third-order valence-electron chi connectivity index (χ3n) is 2.33. The van der Waals surface area contributed by atoms with Crippen molar-refractivity contribution in [1.29, 1.82) is 0 Å². The van der Waals surface area contributed by atoms with Crippen LogP contribution in [0.4, 0.5) is 0 Å². The smallest absolute Gasteiger partial charge is 0.331 e. The maximum Gasteiger partial charge on any atom is 0.331 e. The van der Waals surface area contributed by atoms with Crippen molar-refractivity contribution >= 4 is 11.8 Å². The van der Waals surface area contributed by atoms with E-state index in [1.54, 1.807) is 13.8 Å². The number of carbonyl (C=O) groups is 2. The Morgan fingerprint density at radius 3 is 2.08 bits per heavy atom. The predicted octanol–water partition coefficient (Wildman–Crippen LogP) is 0.404. The van der Waals surface area contributed by atoms with Crippen molar-refractivity contribution in [3.8, 4) is 0 Å². The Morgan fingerprint density at radius 1 is 1.58 bits per heavy atom. The van der Waals surface area contributed by atoms with Crippen LogP contribution in [0.2, 0.25) is 0 Å². The first-order valence-corrected chi connectivity index (χ1v) is 3.90. The quantitative estimate of drug-likeness (QED) is 0.603. The Labute approximate surface area is 71.8 Å². The van der Waals surface area contributed by atoms with Crippen LogP contribution in [0.5, 0.6) is 0 Å². The van der Waals surface area contributed by atoms with Gasteiger partial charge in [0.15, 0.2) is 11.3 Å². The summed E-state index contributed by atoms with van der Waals surface area (Å²) in [5.74, 6) is -2.08. The van der Waals surface area contributed by atoms with E-state index in [0.29, 0.717) is 6.42 Å². The summed E-state index contributed by atoms with van der Waals surface area (Å²) in [4.78, 5) is 21.7. The molecule has 0 saturated heterocycles. The minimum Gasteiger partial charge on any atom is -0.480 e. The van der Waals surface area contributed by atoms with Crippen molar-refractivity contribution in [2.45, 2.75) is 32.7 Å². The lowest BCUT2D eigenvalue weighted by molar-refractivity contribution is -0.150. The van der Waals surface area contributed by atoms with Gasteiger partial charge in [-0.05, 0) is 12.8 Å². The molecule has 0 radical (unpaired) electrons. The summed E-state index contributed by atoms with van der Waals surface area (Å²) in [6, 6.07) is 0. The van der Waals surface area contributed by atoms with E-state index in [4.69, 9.17) is 10.8 Å². The normalized spacial score (nSPS) is 18.0. The van der Waals surface area contributed by atoms with Crippen LogP contribution < -0.4 is 5.73 Å². The van der Waals surface area contributed by atoms with Crippen LogP contribution in [0.25, 0.3) is 0 Å². The molecule has 0 spiro atoms. The second-order valence-electron chi connectivity index (χ2n) is 3.04. The highest BCUT2D eigenvalue weighted by atomic mass is 16.4. The molecule has 4 heteroatoms. The topological polar surface area (TPSA) is 80.4 Å². The Kier molecular flexibility index (Phi) is 3.39. The minimum absolute atomic E-state index is 0.340. The first-order chi connectivity index (χ1) is 5.37. The standard InChI is InChI=1S/C8H15NO3/c1-4-5(2)8(9,6(3)10)7(11)12/h5H,4,9H2,1-3H3,(H,11,12)/t5-,8+/m0/s1. The highest BCUT2D eigenvalue weighted by Crippen LogP contribution is 2.19. The van der Waals surface area contributed by atoms with Gasteiger partial charge in [0.2, 0.25) is 0 Å². The number of carboxylic acid groups (broad SMARTS) is 1. The van der Waals surface area contributed by atoms with Crippen LogP contribution in [0.1, 0.15) is 27.2 Å². The number of nitrogens with two attached hydrogens (primary N) is 1. The highest BCUT2D eigenvalue weighted by molar-refractivity contribution is 6.06. The number of hydrogen-bond donors (Lipinski definition) is 2. The van der Waals surface area contributed by atoms with Gasteiger partial charge in [-0.1, -0.05) is 20.3 Å². The number of rotatable bonds is 4. The van der Waals surface area contributed by atoms with Gasteiger partial charge >= 0.3 is 5.97 Å². The largest absolute Gasteiger partial charge is 0.480 e. The average Bonchev–Trinajstić information content (AvgIpc) is 2.00. The fraction of sp³-hybridized carbons (Fsp3) is 0.750. The molecule has 0 aliphatic heterocycles. The molecule has 70 valence electrons. The summed E-state index contributed by atoms with van der Waals surface area (Å²) >= 11 is 0. The summed E-state index contributed by atoms with van der Waals surface area (Å²) < 4.78 is 0. The lowest BCUT2D eigenvalue weighted by Gasteiger charge is -2.27. The molecular formula is C8H15NO3. The lowest BCUT2D eigenvalue weighted by Crippen LogP contribution is -2.58. The number of hydrogen-bond acceptors (Lipinski definition) is 3. The Morgan fingerprint density at radius 2 is 2.00 bits per heavy atom. The molecule has 0 saturated carbocycles. The SMILES string of the molecule is CC[C@H](C)[C@@](N)(C(C)=O)C(=O)O. The van der Waals surface area contributed by atoms with Crippen LogP contribution in [0, 0.1) is 5.92 Å². The molecule has 2 atom stereocenters. The molecule has 0 heterocycles. The highest BCUT2D eigenvalue weighted by Gasteiger charge is 2.43. The minimum atomic E-state index is -1.71. The van der Waals surface area contributed by atoms with E-state index in [0.717, 1.165) is 0 Å². The van der Waals surface area contributed by atoms with Gasteiger partial charge in [-0.25, -0.2) is 4.79 Å². The van der Waals surface area contributed by atoms with Gasteiger partial charge in [-0.2, -0.15) is 0 Å². The fourth-order valence-electron chi connectivity index (χ4n) is 1.03. The lowest BCUT2D eigenvalue weighted by atomic mass is 9.81. The van der Waals surface area contributed by atoms with Crippen molar-refractivity contribution in [3.05, 3.63) is 0 Å². The monoisotopic (exact) mass is 173 g/mol. The van der Waals surface area contributed by atoms with Crippen LogP contribution in [0.3, 0.4) is 0 Å². The van der Waals surface area contributed by atoms with Crippen molar-refractivity contribution in [1.82, 2.24) is 0 Å². The van der Waals surface area contributed by atoms with Crippen LogP contribution in [0.15, 0.2) is 0 Å². The molecule has 0 rings (SSSR count). The number of carbonyl (C=O) groups excluding carboxylic acids is 1. The zero-order valence-electron chi connectivity index (χ0n) is 7.63. The maximum atomic E-state index is 11.0. The Balaban J connectivity index is 4.87. The zero-order chi connectivity index (χ0) is 9.94. The Bertz CT molecular complexity index is 186. The molecule has 0 aliphatic carbocycles. The third-order valence-corrected chi connectivity index (χ3v) is 2.33. The van der Waals surface area contributed by atoms with Gasteiger partial charge in [0.05, 0.1) is 0 Å². The van der Waals surface area contributed by atoms with Gasteiger partial charge in [-0.15, -0.1) is 0 Å². The molecule has 0 aliphatic rings. The number of ketones is 1. The van der Waals surface area contributed by atoms with Crippen molar-refractivity contribution < 1.29 is 14.7 Å². The summed E-state index contributed by atoms with van der Waals surface area (Å²) in [5, 5.41) is 8.76. The molecule has 3 N–H and O–H groups in total. The fourth-order valence-corrected chi connectivity index (χ4v) is 1.03. The number of Topliss-reactive ketones (excluding diaryl/α,β-unsaturated/α-hetero) is 1. The van der Waals surface area contributed by atoms with E-state index in [1.165, 1.54) is 6.92 Å². The van der Waals surface area contributed by atoms with Crippen LogP contribution in [-0.4, -0.2) is 22.4 Å². The summed E-state index contributed by atoms with van der Waals surface area (Å²) in [6.45, 7) is 4.67. The molecule has 0 aromatic rings. The van der Waals surface area contributed by atoms with E-state index >= 15 is 0 Å². The van der Waals surface area contributed by atoms with Crippen molar-refractivity contribution in [3.63, 3.8) is 0 Å². The second-order valence-corrected chi connectivity index (χ2v) is 3.04. The van der Waals surface area contributed by atoms with Gasteiger partial charge < -0.3 is 10.8 Å². The summed E-state index contributed by atoms with van der Waals surface area (Å²) in [7, 11) is 0. The second kappa shape index (κ2) is 3.67. The van der Waals surface area contributed by atoms with E-state index in [9.17, 15) is 9.59 Å². The van der Waals surface area contributed by atoms with E-state index in [2.05, 4.69) is 0 Å². The summed E-state index contributed by atoms with van der Waals surface area (Å²) in [6.07, 6.45) is 0.572. The molecule has 0 amide bonds. The van der Waals surface area contributed by atoms with Crippen LogP contribution in [-0.2, 0) is 9.59 Å². The molecule has 0 fully saturated rings. The number of aliphatic carboxylic acids is 1. The maximum absolute atomic E-state index is 11.0. The molecule has 0 aromatic carbocycles. The molecule has 0 aromatic heterocycles. The zero-order valence-corrected chi connectivity index (χ0v) is 7.63. The van der Waals surface area contributed by atoms with Gasteiger partial charge in [0.25, 0.3) is 0 Å². The first kappa shape index (κ1) is 11.1. The van der Waals surface area contributed by atoms with E-state index < -0.39 is 17.3 Å². The molecule has 4 nitrogen and oxygen atoms in total. The average molecular weight is 173 g/mol. The van der Waals surface area contributed by atoms with Gasteiger partial charge in [-0.3, -0.25) is 4.79 Å².